The summed E-state index contributed by atoms with van der Waals surface area (Å²) in [5.74, 6) is -1.40. The summed E-state index contributed by atoms with van der Waals surface area (Å²) in [6, 6.07) is 23.4. The molecule has 0 aliphatic carbocycles. The number of carbonyl (C=O) groups is 6. The van der Waals surface area contributed by atoms with E-state index in [-0.39, 0.29) is 48.6 Å². The zero-order chi connectivity index (χ0) is 41.9. The average Bonchev–Trinajstić information content (AvgIpc) is 3.50. The van der Waals surface area contributed by atoms with Crippen molar-refractivity contribution in [3.05, 3.63) is 107 Å². The van der Waals surface area contributed by atoms with E-state index in [9.17, 15) is 28.8 Å². The van der Waals surface area contributed by atoms with Crippen LogP contribution in [0.3, 0.4) is 0 Å². The molecule has 0 aromatic heterocycles. The fraction of sp³-hybridized carbons (Fsp3) is 0.318. The van der Waals surface area contributed by atoms with E-state index in [0.29, 0.717) is 49.9 Å². The second kappa shape index (κ2) is 19.6. The van der Waals surface area contributed by atoms with Gasteiger partial charge in [-0.25, -0.2) is 0 Å². The van der Waals surface area contributed by atoms with Crippen molar-refractivity contribution in [2.45, 2.75) is 51.8 Å². The molecule has 15 heteroatoms. The van der Waals surface area contributed by atoms with Crippen LogP contribution in [0, 0.1) is 6.92 Å². The summed E-state index contributed by atoms with van der Waals surface area (Å²) in [5, 5.41) is 11.0. The molecule has 4 N–H and O–H groups in total. The number of carbonyl (C=O) groups excluding carboxylic acids is 6. The van der Waals surface area contributed by atoms with Crippen LogP contribution < -0.4 is 40.2 Å². The first-order chi connectivity index (χ1) is 28.6. The van der Waals surface area contributed by atoms with E-state index in [1.54, 1.807) is 14.2 Å². The van der Waals surface area contributed by atoms with Crippen molar-refractivity contribution < 1.29 is 47.7 Å². The summed E-state index contributed by atoms with van der Waals surface area (Å²) in [7, 11) is 3.16. The Hall–Kier alpha value is -6.74. The Morgan fingerprint density at radius 2 is 1.47 bits per heavy atom. The molecular weight excluding hydrogens is 759 g/mol. The SMILES string of the molecule is COc1cc(OCc2cccc(-c3ccccc3)c2C)cc(OC)c1CNCCC(=O)NCCCNC(=O)COc1cccc2c1C(=O)N(C1CCC(=O)NC1=O)C2=O. The summed E-state index contributed by atoms with van der Waals surface area (Å²) < 4.78 is 23.2. The zero-order valence-electron chi connectivity index (χ0n) is 33.2. The van der Waals surface area contributed by atoms with Gasteiger partial charge in [-0.05, 0) is 54.2 Å². The highest BCUT2D eigenvalue weighted by molar-refractivity contribution is 6.24. The van der Waals surface area contributed by atoms with Crippen LogP contribution in [0.25, 0.3) is 11.1 Å². The molecule has 59 heavy (non-hydrogen) atoms. The molecule has 4 aromatic carbocycles. The monoisotopic (exact) mass is 805 g/mol. The van der Waals surface area contributed by atoms with Crippen LogP contribution in [0.2, 0.25) is 0 Å². The highest BCUT2D eigenvalue weighted by Gasteiger charge is 2.46. The molecule has 1 saturated heterocycles. The lowest BCUT2D eigenvalue weighted by Gasteiger charge is -2.27. The van der Waals surface area contributed by atoms with E-state index in [1.165, 1.54) is 18.2 Å². The number of nitrogens with one attached hydrogen (secondary N) is 4. The van der Waals surface area contributed by atoms with Crippen molar-refractivity contribution in [1.29, 1.82) is 0 Å². The first-order valence-electron chi connectivity index (χ1n) is 19.3. The number of hydrogen-bond acceptors (Lipinski definition) is 11. The largest absolute Gasteiger partial charge is 0.496 e. The lowest BCUT2D eigenvalue weighted by Crippen LogP contribution is -2.54. The van der Waals surface area contributed by atoms with Crippen molar-refractivity contribution in [1.82, 2.24) is 26.2 Å². The third-order valence-corrected chi connectivity index (χ3v) is 10.1. The maximum Gasteiger partial charge on any atom is 0.266 e. The topological polar surface area (TPSA) is 191 Å². The standard InChI is InChI=1S/C44H47N5O10/c1-27-29(12-7-13-31(27)28-10-5-4-6-11-28)25-58-30-22-36(56-2)33(37(23-30)57-3)24-45-21-18-38(50)46-19-9-20-47-40(52)26-59-35-15-8-14-32-41(35)44(55)49(43(32)54)34-16-17-39(51)48-42(34)53/h4-8,10-15,22-23,34,45H,9,16-21,24-26H2,1-3H3,(H,46,50)(H,47,52)(H,48,51,53). The quantitative estimate of drug-likeness (QED) is 0.0796. The van der Waals surface area contributed by atoms with Gasteiger partial charge in [0.05, 0.1) is 30.9 Å². The van der Waals surface area contributed by atoms with E-state index in [0.717, 1.165) is 32.7 Å². The number of rotatable bonds is 19. The maximum atomic E-state index is 13.2. The fourth-order valence-electron chi connectivity index (χ4n) is 7.00. The van der Waals surface area contributed by atoms with Gasteiger partial charge in [-0.1, -0.05) is 54.6 Å². The Morgan fingerprint density at radius 3 is 2.19 bits per heavy atom. The van der Waals surface area contributed by atoms with E-state index >= 15 is 0 Å². The van der Waals surface area contributed by atoms with Crippen molar-refractivity contribution in [3.8, 4) is 34.1 Å². The van der Waals surface area contributed by atoms with E-state index in [2.05, 4.69) is 52.5 Å². The molecule has 0 saturated carbocycles. The van der Waals surface area contributed by atoms with Gasteiger partial charge in [-0.2, -0.15) is 0 Å². The minimum Gasteiger partial charge on any atom is -0.496 e. The van der Waals surface area contributed by atoms with Crippen LogP contribution in [0.15, 0.2) is 78.9 Å². The molecule has 6 rings (SSSR count). The minimum atomic E-state index is -1.11. The molecule has 6 amide bonds. The molecule has 2 aliphatic rings. The highest BCUT2D eigenvalue weighted by atomic mass is 16.5. The first-order valence-corrected chi connectivity index (χ1v) is 19.3. The number of hydrogen-bond donors (Lipinski definition) is 4. The van der Waals surface area contributed by atoms with E-state index < -0.39 is 42.2 Å². The van der Waals surface area contributed by atoms with Crippen LogP contribution in [-0.2, 0) is 32.3 Å². The van der Waals surface area contributed by atoms with Crippen molar-refractivity contribution in [3.63, 3.8) is 0 Å². The molecule has 2 heterocycles. The van der Waals surface area contributed by atoms with Crippen LogP contribution in [-0.4, -0.2) is 86.8 Å². The van der Waals surface area contributed by atoms with Crippen molar-refractivity contribution >= 4 is 35.4 Å². The van der Waals surface area contributed by atoms with Crippen LogP contribution in [0.1, 0.15) is 63.1 Å². The molecule has 0 radical (unpaired) electrons. The third kappa shape index (κ3) is 10.0. The number of benzene rings is 4. The van der Waals surface area contributed by atoms with Crippen LogP contribution in [0.5, 0.6) is 23.0 Å². The molecule has 2 aliphatic heterocycles. The lowest BCUT2D eigenvalue weighted by atomic mass is 9.97. The number of ether oxygens (including phenoxy) is 4. The Morgan fingerprint density at radius 1 is 0.780 bits per heavy atom. The van der Waals surface area contributed by atoms with Crippen molar-refractivity contribution in [2.75, 3.05) is 40.5 Å². The molecule has 0 spiro atoms. The zero-order valence-corrected chi connectivity index (χ0v) is 33.2. The Bertz CT molecular complexity index is 2200. The third-order valence-electron chi connectivity index (χ3n) is 10.1. The average molecular weight is 806 g/mol. The van der Waals surface area contributed by atoms with Gasteiger partial charge in [-0.15, -0.1) is 0 Å². The normalized spacial score (nSPS) is 14.7. The molecule has 308 valence electrons. The second-order valence-corrected chi connectivity index (χ2v) is 13.9. The molecule has 1 fully saturated rings. The smallest absolute Gasteiger partial charge is 0.266 e. The summed E-state index contributed by atoms with van der Waals surface area (Å²) in [5.41, 5.74) is 5.31. The minimum absolute atomic E-state index is 0.000625. The number of amides is 6. The Labute approximate surface area is 341 Å². The predicted octanol–water partition coefficient (Wildman–Crippen LogP) is 3.84. The van der Waals surface area contributed by atoms with E-state index in [1.807, 2.05) is 36.4 Å². The summed E-state index contributed by atoms with van der Waals surface area (Å²) in [4.78, 5) is 76.0. The summed E-state index contributed by atoms with van der Waals surface area (Å²) in [6.07, 6.45) is 0.703. The van der Waals surface area contributed by atoms with Gasteiger partial charge in [0.2, 0.25) is 17.7 Å². The molecule has 0 bridgehead atoms. The predicted molar refractivity (Wildman–Crippen MR) is 216 cm³/mol. The van der Waals surface area contributed by atoms with Gasteiger partial charge in [-0.3, -0.25) is 39.0 Å². The van der Waals surface area contributed by atoms with Gasteiger partial charge in [0.15, 0.2) is 6.61 Å². The van der Waals surface area contributed by atoms with Gasteiger partial charge in [0, 0.05) is 51.2 Å². The highest BCUT2D eigenvalue weighted by Crippen LogP contribution is 2.36. The number of imide groups is 2. The molecular formula is C44H47N5O10. The maximum absolute atomic E-state index is 13.2. The summed E-state index contributed by atoms with van der Waals surface area (Å²) in [6.45, 7) is 3.40. The summed E-state index contributed by atoms with van der Waals surface area (Å²) >= 11 is 0. The fourth-order valence-corrected chi connectivity index (χ4v) is 7.00. The van der Waals surface area contributed by atoms with Gasteiger partial charge in [0.1, 0.15) is 35.6 Å². The Balaban J connectivity index is 0.890. The lowest BCUT2D eigenvalue weighted by molar-refractivity contribution is -0.136. The first kappa shape index (κ1) is 41.9. The van der Waals surface area contributed by atoms with Gasteiger partial charge >= 0.3 is 0 Å². The second-order valence-electron chi connectivity index (χ2n) is 13.9. The Kier molecular flexibility index (Phi) is 13.9. The van der Waals surface area contributed by atoms with Crippen LogP contribution >= 0.6 is 0 Å². The van der Waals surface area contributed by atoms with Gasteiger partial charge in [0.25, 0.3) is 17.7 Å². The molecule has 15 nitrogen and oxygen atoms in total. The number of fused-ring (bicyclic) bond motifs is 1. The molecule has 1 unspecified atom stereocenters. The number of piperidine rings is 1. The van der Waals surface area contributed by atoms with Crippen LogP contribution in [0.4, 0.5) is 0 Å². The molecule has 4 aromatic rings. The number of methoxy groups -OCH3 is 2. The van der Waals surface area contributed by atoms with E-state index in [4.69, 9.17) is 18.9 Å². The molecule has 1 atom stereocenters. The van der Waals surface area contributed by atoms with Gasteiger partial charge < -0.3 is 34.9 Å². The number of nitrogens with zero attached hydrogens (tertiary/aromatic N) is 1. The van der Waals surface area contributed by atoms with Crippen molar-refractivity contribution in [2.24, 2.45) is 0 Å².